The number of nitrogens with one attached hydrogen (secondary N) is 1. The average Bonchev–Trinajstić information content (AvgIpc) is 3.06. The van der Waals surface area contributed by atoms with E-state index in [-0.39, 0.29) is 17.9 Å². The van der Waals surface area contributed by atoms with Gasteiger partial charge in [0.15, 0.2) is 0 Å². The first kappa shape index (κ1) is 22.6. The summed E-state index contributed by atoms with van der Waals surface area (Å²) in [4.78, 5) is 37.4. The van der Waals surface area contributed by atoms with E-state index in [2.05, 4.69) is 21.2 Å². The molecule has 4 rings (SSSR count). The normalized spacial score (nSPS) is 14.5. The summed E-state index contributed by atoms with van der Waals surface area (Å²) in [5, 5.41) is 12.0. The lowest BCUT2D eigenvalue weighted by atomic mass is 10.1. The van der Waals surface area contributed by atoms with E-state index in [0.717, 1.165) is 14.9 Å². The standard InChI is InChI=1S/C24H16BrClN2O5/c25-17-8-9-21(33-13-14-4-6-15(7-5-14)23(30)31)16(10-17)11-20-22(29)28(24(32)27-20)19-3-1-2-18(26)12-19/h1-12H,13H2,(H,27,32)(H,30,31). The Balaban J connectivity index is 1.58. The van der Waals surface area contributed by atoms with Gasteiger partial charge in [0.2, 0.25) is 0 Å². The molecular formula is C24H16BrClN2O5. The summed E-state index contributed by atoms with van der Waals surface area (Å²) in [5.74, 6) is -1.03. The van der Waals surface area contributed by atoms with Gasteiger partial charge in [-0.2, -0.15) is 0 Å². The predicted octanol–water partition coefficient (Wildman–Crippen LogP) is 5.48. The van der Waals surface area contributed by atoms with Crippen molar-refractivity contribution in [2.45, 2.75) is 6.61 Å². The minimum Gasteiger partial charge on any atom is -0.488 e. The fourth-order valence-corrected chi connectivity index (χ4v) is 3.77. The van der Waals surface area contributed by atoms with E-state index in [1.54, 1.807) is 54.6 Å². The number of amides is 3. The SMILES string of the molecule is O=C(O)c1ccc(COc2ccc(Br)cc2C=C2NC(=O)N(c3cccc(Cl)c3)C2=O)cc1. The molecule has 9 heteroatoms. The van der Waals surface area contributed by atoms with E-state index in [4.69, 9.17) is 21.4 Å². The van der Waals surface area contributed by atoms with Crippen LogP contribution in [0.3, 0.4) is 0 Å². The molecule has 1 heterocycles. The van der Waals surface area contributed by atoms with E-state index >= 15 is 0 Å². The van der Waals surface area contributed by atoms with Crippen LogP contribution >= 0.6 is 27.5 Å². The van der Waals surface area contributed by atoms with Crippen molar-refractivity contribution < 1.29 is 24.2 Å². The molecule has 0 bridgehead atoms. The molecule has 1 aliphatic heterocycles. The van der Waals surface area contributed by atoms with Gasteiger partial charge < -0.3 is 15.2 Å². The molecule has 3 aromatic carbocycles. The topological polar surface area (TPSA) is 95.9 Å². The fourth-order valence-electron chi connectivity index (χ4n) is 3.21. The third kappa shape index (κ3) is 5.08. The van der Waals surface area contributed by atoms with Crippen molar-refractivity contribution in [2.24, 2.45) is 0 Å². The van der Waals surface area contributed by atoms with Gasteiger partial charge >= 0.3 is 12.0 Å². The van der Waals surface area contributed by atoms with Gasteiger partial charge in [-0.05, 0) is 60.2 Å². The van der Waals surface area contributed by atoms with Gasteiger partial charge in [0.05, 0.1) is 11.3 Å². The average molecular weight is 528 g/mol. The van der Waals surface area contributed by atoms with E-state index in [0.29, 0.717) is 22.0 Å². The Morgan fingerprint density at radius 3 is 2.55 bits per heavy atom. The van der Waals surface area contributed by atoms with Crippen LogP contribution < -0.4 is 15.0 Å². The van der Waals surface area contributed by atoms with E-state index in [1.807, 2.05) is 0 Å². The number of carbonyl (C=O) groups excluding carboxylic acids is 2. The van der Waals surface area contributed by atoms with Crippen molar-refractivity contribution in [3.63, 3.8) is 0 Å². The van der Waals surface area contributed by atoms with E-state index in [1.165, 1.54) is 18.2 Å². The summed E-state index contributed by atoms with van der Waals surface area (Å²) < 4.78 is 6.67. The second kappa shape index (κ2) is 9.48. The van der Waals surface area contributed by atoms with E-state index < -0.39 is 17.9 Å². The van der Waals surface area contributed by atoms with Gasteiger partial charge in [0.25, 0.3) is 5.91 Å². The molecule has 3 aromatic rings. The number of nitrogens with zero attached hydrogens (tertiary/aromatic N) is 1. The lowest BCUT2D eigenvalue weighted by Crippen LogP contribution is -2.30. The number of carbonyl (C=O) groups is 3. The van der Waals surface area contributed by atoms with Crippen molar-refractivity contribution in [1.82, 2.24) is 5.32 Å². The van der Waals surface area contributed by atoms with Crippen LogP contribution in [0.5, 0.6) is 5.75 Å². The zero-order chi connectivity index (χ0) is 23.5. The molecule has 1 saturated heterocycles. The van der Waals surface area contributed by atoms with Crippen LogP contribution in [-0.4, -0.2) is 23.0 Å². The second-order valence-corrected chi connectivity index (χ2v) is 8.43. The second-order valence-electron chi connectivity index (χ2n) is 7.08. The van der Waals surface area contributed by atoms with Crippen LogP contribution in [0.1, 0.15) is 21.5 Å². The monoisotopic (exact) mass is 526 g/mol. The first-order valence-electron chi connectivity index (χ1n) is 9.69. The lowest BCUT2D eigenvalue weighted by Gasteiger charge is -2.12. The fraction of sp³-hybridized carbons (Fsp3) is 0.0417. The minimum absolute atomic E-state index is 0.0914. The molecule has 3 amide bonds. The minimum atomic E-state index is -1.00. The molecule has 0 spiro atoms. The smallest absolute Gasteiger partial charge is 0.335 e. The molecule has 0 atom stereocenters. The van der Waals surface area contributed by atoms with Crippen LogP contribution in [0.25, 0.3) is 6.08 Å². The van der Waals surface area contributed by atoms with Gasteiger partial charge in [0.1, 0.15) is 18.1 Å². The molecule has 33 heavy (non-hydrogen) atoms. The van der Waals surface area contributed by atoms with Crippen LogP contribution in [-0.2, 0) is 11.4 Å². The summed E-state index contributed by atoms with van der Waals surface area (Å²) in [6, 6.07) is 17.5. The van der Waals surface area contributed by atoms with Gasteiger partial charge in [0, 0.05) is 15.1 Å². The third-order valence-electron chi connectivity index (χ3n) is 4.81. The Labute approximate surface area is 202 Å². The molecule has 0 aromatic heterocycles. The zero-order valence-corrected chi connectivity index (χ0v) is 19.3. The number of ether oxygens (including phenoxy) is 1. The van der Waals surface area contributed by atoms with Crippen molar-refractivity contribution in [2.75, 3.05) is 4.90 Å². The molecule has 0 unspecified atom stereocenters. The number of benzene rings is 3. The Morgan fingerprint density at radius 1 is 1.09 bits per heavy atom. The number of imide groups is 1. The Hall–Kier alpha value is -3.62. The number of aromatic carboxylic acids is 1. The maximum atomic E-state index is 12.9. The van der Waals surface area contributed by atoms with Crippen molar-refractivity contribution in [3.05, 3.63) is 98.6 Å². The number of urea groups is 1. The quantitative estimate of drug-likeness (QED) is 0.327. The Morgan fingerprint density at radius 2 is 1.85 bits per heavy atom. The third-order valence-corrected chi connectivity index (χ3v) is 5.54. The summed E-state index contributed by atoms with van der Waals surface area (Å²) in [6.07, 6.45) is 1.54. The first-order valence-corrected chi connectivity index (χ1v) is 10.9. The number of hydrogen-bond donors (Lipinski definition) is 2. The van der Waals surface area contributed by atoms with Crippen LogP contribution in [0, 0.1) is 0 Å². The molecule has 7 nitrogen and oxygen atoms in total. The van der Waals surface area contributed by atoms with Crippen molar-refractivity contribution in [3.8, 4) is 5.75 Å². The largest absolute Gasteiger partial charge is 0.488 e. The highest BCUT2D eigenvalue weighted by atomic mass is 79.9. The molecule has 1 aliphatic rings. The highest BCUT2D eigenvalue weighted by Crippen LogP contribution is 2.29. The number of carboxylic acids is 1. The van der Waals surface area contributed by atoms with Crippen molar-refractivity contribution in [1.29, 1.82) is 0 Å². The highest BCUT2D eigenvalue weighted by molar-refractivity contribution is 9.10. The van der Waals surface area contributed by atoms with Crippen LogP contribution in [0.4, 0.5) is 10.5 Å². The maximum absolute atomic E-state index is 12.9. The molecule has 0 saturated carbocycles. The van der Waals surface area contributed by atoms with Gasteiger partial charge in [-0.1, -0.05) is 45.7 Å². The predicted molar refractivity (Wildman–Crippen MR) is 127 cm³/mol. The Kier molecular flexibility index (Phi) is 6.48. The van der Waals surface area contributed by atoms with Gasteiger partial charge in [-0.3, -0.25) is 4.79 Å². The summed E-state index contributed by atoms with van der Waals surface area (Å²) in [7, 11) is 0. The number of rotatable bonds is 6. The molecule has 166 valence electrons. The Bertz CT molecular complexity index is 1290. The zero-order valence-electron chi connectivity index (χ0n) is 16.9. The summed E-state index contributed by atoms with van der Waals surface area (Å²) in [6.45, 7) is 0.187. The van der Waals surface area contributed by atoms with E-state index in [9.17, 15) is 14.4 Å². The highest BCUT2D eigenvalue weighted by Gasteiger charge is 2.35. The molecule has 1 fully saturated rings. The summed E-state index contributed by atoms with van der Waals surface area (Å²) in [5.41, 5.74) is 1.99. The van der Waals surface area contributed by atoms with Crippen LogP contribution in [0.2, 0.25) is 5.02 Å². The number of hydrogen-bond acceptors (Lipinski definition) is 4. The molecule has 2 N–H and O–H groups in total. The number of carboxylic acid groups (broad SMARTS) is 1. The summed E-state index contributed by atoms with van der Waals surface area (Å²) >= 11 is 9.41. The molecular weight excluding hydrogens is 512 g/mol. The van der Waals surface area contributed by atoms with Gasteiger partial charge in [-0.25, -0.2) is 14.5 Å². The van der Waals surface area contributed by atoms with Gasteiger partial charge in [-0.15, -0.1) is 0 Å². The maximum Gasteiger partial charge on any atom is 0.335 e. The molecule has 0 aliphatic carbocycles. The van der Waals surface area contributed by atoms with Crippen LogP contribution in [0.15, 0.2) is 76.9 Å². The number of halogens is 2. The first-order chi connectivity index (χ1) is 15.8. The lowest BCUT2D eigenvalue weighted by molar-refractivity contribution is -0.113. The molecule has 0 radical (unpaired) electrons. The van der Waals surface area contributed by atoms with Crippen molar-refractivity contribution >= 4 is 57.2 Å². The number of anilines is 1.